The van der Waals surface area contributed by atoms with Gasteiger partial charge in [-0.15, -0.1) is 11.3 Å². The lowest BCUT2D eigenvalue weighted by atomic mass is 9.87. The molecule has 0 radical (unpaired) electrons. The van der Waals surface area contributed by atoms with Crippen LogP contribution >= 0.6 is 22.9 Å². The number of carbonyl (C=O) groups excluding carboxylic acids is 1. The third kappa shape index (κ3) is 3.36. The number of anilines is 1. The second-order valence-corrected chi connectivity index (χ2v) is 8.27. The molecule has 2 aromatic carbocycles. The van der Waals surface area contributed by atoms with Crippen molar-refractivity contribution in [2.45, 2.75) is 18.9 Å². The van der Waals surface area contributed by atoms with Crippen LogP contribution in [0.4, 0.5) is 5.82 Å². The SMILES string of the molecule is O=C1CC(c2ccc(OCc3ccccc3Cl)cc2)c2c(n3ccsc3nc2=O)N1. The zero-order valence-electron chi connectivity index (χ0n) is 15.7. The van der Waals surface area contributed by atoms with E-state index in [1.165, 1.54) is 11.3 Å². The molecule has 6 nitrogen and oxygen atoms in total. The molecule has 150 valence electrons. The summed E-state index contributed by atoms with van der Waals surface area (Å²) in [5.74, 6) is 0.703. The second-order valence-electron chi connectivity index (χ2n) is 6.99. The van der Waals surface area contributed by atoms with Gasteiger partial charge in [0.2, 0.25) is 5.91 Å². The highest BCUT2D eigenvalue weighted by atomic mass is 35.5. The van der Waals surface area contributed by atoms with E-state index in [0.29, 0.717) is 33.7 Å². The summed E-state index contributed by atoms with van der Waals surface area (Å²) in [6.07, 6.45) is 2.00. The van der Waals surface area contributed by atoms with E-state index in [1.54, 1.807) is 10.6 Å². The highest BCUT2D eigenvalue weighted by Gasteiger charge is 2.31. The molecule has 0 aliphatic carbocycles. The number of fused-ring (bicyclic) bond motifs is 3. The minimum atomic E-state index is -0.358. The van der Waals surface area contributed by atoms with E-state index in [2.05, 4.69) is 10.3 Å². The van der Waals surface area contributed by atoms with Gasteiger partial charge in [0.15, 0.2) is 4.96 Å². The maximum absolute atomic E-state index is 12.7. The van der Waals surface area contributed by atoms with Gasteiger partial charge in [0.1, 0.15) is 18.2 Å². The first-order valence-corrected chi connectivity index (χ1v) is 10.6. The van der Waals surface area contributed by atoms with E-state index in [1.807, 2.05) is 53.9 Å². The fourth-order valence-electron chi connectivity index (χ4n) is 3.67. The Morgan fingerprint density at radius 2 is 1.97 bits per heavy atom. The van der Waals surface area contributed by atoms with Gasteiger partial charge < -0.3 is 10.1 Å². The van der Waals surface area contributed by atoms with Crippen LogP contribution in [0.1, 0.15) is 29.0 Å². The lowest BCUT2D eigenvalue weighted by Gasteiger charge is -2.25. The number of halogens is 1. The maximum atomic E-state index is 12.7. The van der Waals surface area contributed by atoms with Crippen molar-refractivity contribution < 1.29 is 9.53 Å². The summed E-state index contributed by atoms with van der Waals surface area (Å²) in [5, 5.41) is 5.33. The number of rotatable bonds is 4. The van der Waals surface area contributed by atoms with Crippen molar-refractivity contribution in [2.24, 2.45) is 0 Å². The Bertz CT molecular complexity index is 1310. The molecule has 1 aliphatic heterocycles. The molecule has 1 N–H and O–H groups in total. The van der Waals surface area contributed by atoms with Crippen molar-refractivity contribution >= 4 is 39.6 Å². The average Bonchev–Trinajstić information content (AvgIpc) is 3.21. The molecule has 8 heteroatoms. The fourth-order valence-corrected chi connectivity index (χ4v) is 4.57. The first-order chi connectivity index (χ1) is 14.6. The summed E-state index contributed by atoms with van der Waals surface area (Å²) in [4.78, 5) is 29.8. The van der Waals surface area contributed by atoms with Crippen LogP contribution in [0.2, 0.25) is 5.02 Å². The summed E-state index contributed by atoms with van der Waals surface area (Å²) < 4.78 is 7.59. The molecule has 4 aromatic rings. The van der Waals surface area contributed by atoms with Crippen LogP contribution in [0.3, 0.4) is 0 Å². The summed E-state index contributed by atoms with van der Waals surface area (Å²) in [5.41, 5.74) is 1.97. The molecular weight excluding hydrogens is 422 g/mol. The number of nitrogens with one attached hydrogen (secondary N) is 1. The van der Waals surface area contributed by atoms with Crippen molar-refractivity contribution in [1.29, 1.82) is 0 Å². The van der Waals surface area contributed by atoms with E-state index >= 15 is 0 Å². The zero-order chi connectivity index (χ0) is 20.7. The van der Waals surface area contributed by atoms with Gasteiger partial charge in [0, 0.05) is 34.5 Å². The average molecular weight is 438 g/mol. The van der Waals surface area contributed by atoms with Gasteiger partial charge in [0.25, 0.3) is 5.56 Å². The molecule has 5 rings (SSSR count). The predicted octanol–water partition coefficient (Wildman–Crippen LogP) is 4.46. The van der Waals surface area contributed by atoms with E-state index in [0.717, 1.165) is 11.1 Å². The first kappa shape index (κ1) is 18.8. The Morgan fingerprint density at radius 1 is 1.17 bits per heavy atom. The Balaban J connectivity index is 1.45. The summed E-state index contributed by atoms with van der Waals surface area (Å²) >= 11 is 7.53. The van der Waals surface area contributed by atoms with Gasteiger partial charge in [-0.3, -0.25) is 14.0 Å². The summed E-state index contributed by atoms with van der Waals surface area (Å²) in [6.45, 7) is 0.356. The van der Waals surface area contributed by atoms with Crippen molar-refractivity contribution in [2.75, 3.05) is 5.32 Å². The molecule has 0 fully saturated rings. The van der Waals surface area contributed by atoms with Gasteiger partial charge in [0.05, 0.1) is 5.56 Å². The Morgan fingerprint density at radius 3 is 2.77 bits per heavy atom. The van der Waals surface area contributed by atoms with Gasteiger partial charge in [-0.25, -0.2) is 0 Å². The highest BCUT2D eigenvalue weighted by molar-refractivity contribution is 7.15. The smallest absolute Gasteiger partial charge is 0.279 e. The van der Waals surface area contributed by atoms with Crippen LogP contribution in [0.5, 0.6) is 5.75 Å². The van der Waals surface area contributed by atoms with Crippen LogP contribution in [0.15, 0.2) is 64.9 Å². The number of amides is 1. The minimum Gasteiger partial charge on any atom is -0.489 e. The molecule has 2 aromatic heterocycles. The summed E-state index contributed by atoms with van der Waals surface area (Å²) in [6, 6.07) is 15.0. The zero-order valence-corrected chi connectivity index (χ0v) is 17.2. The largest absolute Gasteiger partial charge is 0.489 e. The second kappa shape index (κ2) is 7.59. The van der Waals surface area contributed by atoms with Gasteiger partial charge in [-0.2, -0.15) is 4.98 Å². The lowest BCUT2D eigenvalue weighted by Crippen LogP contribution is -2.31. The minimum absolute atomic E-state index is 0.128. The maximum Gasteiger partial charge on any atom is 0.279 e. The third-order valence-electron chi connectivity index (χ3n) is 5.14. The molecule has 0 bridgehead atoms. The Labute approximate surface area is 180 Å². The van der Waals surface area contributed by atoms with Crippen molar-refractivity contribution in [3.63, 3.8) is 0 Å². The predicted molar refractivity (Wildman–Crippen MR) is 117 cm³/mol. The van der Waals surface area contributed by atoms with Crippen molar-refractivity contribution in [3.05, 3.63) is 92.2 Å². The van der Waals surface area contributed by atoms with E-state index in [-0.39, 0.29) is 23.8 Å². The number of benzene rings is 2. The molecule has 1 atom stereocenters. The van der Waals surface area contributed by atoms with Crippen LogP contribution in [0, 0.1) is 0 Å². The monoisotopic (exact) mass is 437 g/mol. The van der Waals surface area contributed by atoms with Crippen LogP contribution in [-0.4, -0.2) is 15.3 Å². The molecule has 3 heterocycles. The molecule has 0 saturated heterocycles. The quantitative estimate of drug-likeness (QED) is 0.511. The standard InChI is InChI=1S/C22H16ClN3O3S/c23-17-4-2-1-3-14(17)12-29-15-7-5-13(6-8-15)16-11-18(27)24-20-19(16)21(28)25-22-26(20)9-10-30-22/h1-10,16H,11-12H2,(H,24,27). The molecule has 1 amide bonds. The van der Waals surface area contributed by atoms with Crippen LogP contribution < -0.4 is 15.6 Å². The number of carbonyl (C=O) groups is 1. The summed E-state index contributed by atoms with van der Waals surface area (Å²) in [7, 11) is 0. The molecule has 1 unspecified atom stereocenters. The van der Waals surface area contributed by atoms with E-state index in [4.69, 9.17) is 16.3 Å². The Kier molecular flexibility index (Phi) is 4.77. The van der Waals surface area contributed by atoms with Crippen LogP contribution in [0.25, 0.3) is 4.96 Å². The van der Waals surface area contributed by atoms with E-state index < -0.39 is 0 Å². The Hall–Kier alpha value is -3.16. The first-order valence-electron chi connectivity index (χ1n) is 9.36. The third-order valence-corrected chi connectivity index (χ3v) is 6.27. The normalized spacial score (nSPS) is 15.6. The van der Waals surface area contributed by atoms with Crippen LogP contribution in [-0.2, 0) is 11.4 Å². The van der Waals surface area contributed by atoms with Gasteiger partial charge in [-0.1, -0.05) is 41.9 Å². The lowest BCUT2D eigenvalue weighted by molar-refractivity contribution is -0.116. The number of thiazole rings is 1. The molecule has 0 spiro atoms. The van der Waals surface area contributed by atoms with Crippen molar-refractivity contribution in [1.82, 2.24) is 9.38 Å². The molecular formula is C22H16ClN3O3S. The molecule has 30 heavy (non-hydrogen) atoms. The number of nitrogens with zero attached hydrogens (tertiary/aromatic N) is 2. The fraction of sp³-hybridized carbons (Fsp3) is 0.136. The number of ether oxygens (including phenoxy) is 1. The highest BCUT2D eigenvalue weighted by Crippen LogP contribution is 2.36. The molecule has 1 aliphatic rings. The van der Waals surface area contributed by atoms with Gasteiger partial charge >= 0.3 is 0 Å². The topological polar surface area (TPSA) is 72.7 Å². The number of hydrogen-bond acceptors (Lipinski definition) is 5. The number of aromatic nitrogens is 2. The number of hydrogen-bond donors (Lipinski definition) is 1. The molecule has 0 saturated carbocycles. The van der Waals surface area contributed by atoms with E-state index in [9.17, 15) is 9.59 Å². The van der Waals surface area contributed by atoms with Gasteiger partial charge in [-0.05, 0) is 23.8 Å². The van der Waals surface area contributed by atoms with Crippen molar-refractivity contribution in [3.8, 4) is 5.75 Å².